The standard InChI is InChI=1S/C19H21N5O4/c1-26-15-10-12-13(11-16(15)27-2)21-19(22-17(12)20)24-7-5-23(6-8-24)18(25)14-4-3-9-28-14/h3-4,9-11H,5-8H2,1-2H3,(H2,20,21,22)/i3D,4D,5D2,6D2,9D,10D,11D/hD2. The first-order chi connectivity index (χ1) is 18.1. The molecule has 0 radical (unpaired) electrons. The second kappa shape index (κ2) is 7.26. The molecule has 1 saturated heterocycles. The van der Waals surface area contributed by atoms with Crippen molar-refractivity contribution in [1.82, 2.24) is 14.9 Å². The molecule has 1 aliphatic heterocycles. The molecule has 28 heavy (non-hydrogen) atoms. The Hall–Kier alpha value is -3.49. The second-order valence-electron chi connectivity index (χ2n) is 5.48. The van der Waals surface area contributed by atoms with Crippen molar-refractivity contribution in [2.75, 3.05) is 50.9 Å². The predicted molar refractivity (Wildman–Crippen MR) is 104 cm³/mol. The molecule has 146 valence electrons. The van der Waals surface area contributed by atoms with E-state index in [1.54, 1.807) is 0 Å². The van der Waals surface area contributed by atoms with Gasteiger partial charge in [-0.15, -0.1) is 0 Å². The molecule has 0 unspecified atom stereocenters. The molecular weight excluding hydrogens is 362 g/mol. The second-order valence-corrected chi connectivity index (χ2v) is 5.48. The van der Waals surface area contributed by atoms with E-state index in [2.05, 4.69) is 9.97 Å². The van der Waals surface area contributed by atoms with Gasteiger partial charge in [-0.2, -0.15) is 4.98 Å². The average Bonchev–Trinajstić information content (AvgIpc) is 3.10. The van der Waals surface area contributed by atoms with E-state index in [4.69, 9.17) is 29.1 Å². The van der Waals surface area contributed by atoms with Crippen molar-refractivity contribution in [2.24, 2.45) is 0 Å². The van der Waals surface area contributed by atoms with Crippen LogP contribution in [-0.4, -0.2) is 61.1 Å². The number of aromatic nitrogens is 2. The van der Waals surface area contributed by atoms with Gasteiger partial charge in [-0.1, -0.05) is 0 Å². The van der Waals surface area contributed by atoms with Crippen LogP contribution in [0.25, 0.3) is 10.9 Å². The summed E-state index contributed by atoms with van der Waals surface area (Å²) in [5, 5.41) is -0.204. The van der Waals surface area contributed by atoms with Crippen LogP contribution in [0.4, 0.5) is 11.8 Å². The Morgan fingerprint density at radius 3 is 2.68 bits per heavy atom. The summed E-state index contributed by atoms with van der Waals surface area (Å²) in [4.78, 5) is 22.6. The van der Waals surface area contributed by atoms with Gasteiger partial charge in [0, 0.05) is 37.5 Å². The minimum atomic E-state index is -2.79. The minimum Gasteiger partial charge on any atom is -0.493 e. The lowest BCUT2D eigenvalue weighted by Crippen LogP contribution is -2.49. The van der Waals surface area contributed by atoms with Crippen LogP contribution >= 0.6 is 0 Å². The largest absolute Gasteiger partial charge is 0.493 e. The van der Waals surface area contributed by atoms with Crippen LogP contribution < -0.4 is 20.1 Å². The van der Waals surface area contributed by atoms with E-state index >= 15 is 0 Å². The van der Waals surface area contributed by atoms with Crippen molar-refractivity contribution >= 4 is 28.6 Å². The molecule has 0 bridgehead atoms. The Morgan fingerprint density at radius 1 is 1.29 bits per heavy atom. The number of furan rings is 1. The highest BCUT2D eigenvalue weighted by molar-refractivity contribution is 5.92. The third-order valence-electron chi connectivity index (χ3n) is 3.86. The smallest absolute Gasteiger partial charge is 0.289 e. The van der Waals surface area contributed by atoms with Gasteiger partial charge in [0.05, 0.1) is 36.9 Å². The maximum Gasteiger partial charge on any atom is 0.289 e. The zero-order valence-electron chi connectivity index (χ0n) is 25.8. The molecule has 4 rings (SSSR count). The first-order valence-electron chi connectivity index (χ1n) is 13.3. The molecule has 1 aromatic carbocycles. The van der Waals surface area contributed by atoms with E-state index in [0.717, 1.165) is 4.90 Å². The Balaban J connectivity index is 1.84. The molecule has 3 heterocycles. The SMILES string of the molecule is [2H]c1oc(C(=O)N2C([2H])([2H])CN(c3nc(N([2H])[2H])c4c([2H])c(OC)c(OC)c([2H])c4n3)CC2([2H])[2H])c([2H])c1[2H]. The molecule has 1 fully saturated rings. The van der Waals surface area contributed by atoms with Crippen molar-refractivity contribution in [3.05, 3.63) is 36.2 Å². The summed E-state index contributed by atoms with van der Waals surface area (Å²) in [6.45, 7) is -7.04. The number of benzene rings is 1. The fraction of sp³-hybridized carbons (Fsp3) is 0.316. The maximum absolute atomic E-state index is 13.1. The summed E-state index contributed by atoms with van der Waals surface area (Å²) in [6.07, 6.45) is -0.803. The van der Waals surface area contributed by atoms with Gasteiger partial charge in [0.1, 0.15) is 7.19 Å². The first kappa shape index (κ1) is 9.13. The van der Waals surface area contributed by atoms with Gasteiger partial charge >= 0.3 is 0 Å². The number of piperazine rings is 1. The minimum absolute atomic E-state index is 0.0591. The van der Waals surface area contributed by atoms with Crippen LogP contribution in [0.15, 0.2) is 34.8 Å². The van der Waals surface area contributed by atoms with E-state index in [0.29, 0.717) is 0 Å². The lowest BCUT2D eigenvalue weighted by Gasteiger charge is -2.34. The van der Waals surface area contributed by atoms with Gasteiger partial charge in [0.15, 0.2) is 20.1 Å². The highest BCUT2D eigenvalue weighted by atomic mass is 16.5. The molecule has 9 nitrogen and oxygen atoms in total. The summed E-state index contributed by atoms with van der Waals surface area (Å²) >= 11 is 0. The lowest BCUT2D eigenvalue weighted by atomic mass is 10.2. The maximum atomic E-state index is 13.1. The number of rotatable bonds is 5. The Kier molecular flexibility index (Phi) is 2.37. The van der Waals surface area contributed by atoms with Crippen molar-refractivity contribution in [2.45, 2.75) is 0 Å². The number of nitrogens with zero attached hydrogens (tertiary/aromatic N) is 4. The molecule has 2 aromatic heterocycles. The molecule has 0 saturated carbocycles. The van der Waals surface area contributed by atoms with Crippen molar-refractivity contribution in [1.29, 1.82) is 0 Å². The molecule has 9 heteroatoms. The zero-order valence-corrected chi connectivity index (χ0v) is 14.8. The lowest BCUT2D eigenvalue weighted by molar-refractivity contribution is 0.0714. The van der Waals surface area contributed by atoms with Crippen LogP contribution in [0.1, 0.15) is 22.9 Å². The topological polar surface area (TPSA) is 107 Å². The Morgan fingerprint density at radius 2 is 2.04 bits per heavy atom. The van der Waals surface area contributed by atoms with Crippen molar-refractivity contribution in [3.8, 4) is 11.5 Å². The van der Waals surface area contributed by atoms with E-state index in [9.17, 15) is 4.79 Å². The van der Waals surface area contributed by atoms with Gasteiger partial charge in [-0.05, 0) is 18.1 Å². The third kappa shape index (κ3) is 3.15. The fourth-order valence-corrected chi connectivity index (χ4v) is 2.50. The summed E-state index contributed by atoms with van der Waals surface area (Å²) < 4.78 is 105. The van der Waals surface area contributed by atoms with Crippen molar-refractivity contribution < 1.29 is 33.8 Å². The van der Waals surface area contributed by atoms with Crippen LogP contribution in [-0.2, 0) is 0 Å². The monoisotopic (exact) mass is 394 g/mol. The van der Waals surface area contributed by atoms with Gasteiger partial charge in [-0.3, -0.25) is 4.79 Å². The van der Waals surface area contributed by atoms with Gasteiger partial charge in [-0.25, -0.2) is 4.98 Å². The molecule has 3 aromatic rings. The van der Waals surface area contributed by atoms with Crippen LogP contribution in [0, 0.1) is 0 Å². The first-order valence-corrected chi connectivity index (χ1v) is 7.94. The number of methoxy groups -OCH3 is 2. The normalized spacial score (nSPS) is 23.4. The summed E-state index contributed by atoms with van der Waals surface area (Å²) in [7, 11) is 2.47. The number of hydrogen-bond donors (Lipinski definition) is 1. The van der Waals surface area contributed by atoms with Crippen LogP contribution in [0.2, 0.25) is 2.82 Å². The number of fused-ring (bicyclic) bond motifs is 1. The Bertz CT molecular complexity index is 1460. The number of nitrogens with two attached hydrogens (primary N) is 1. The number of nitrogen functional groups attached to an aromatic ring is 1. The fourth-order valence-electron chi connectivity index (χ4n) is 2.50. The molecule has 1 amide bonds. The number of amides is 1. The van der Waals surface area contributed by atoms with Gasteiger partial charge in [0.25, 0.3) is 5.91 Å². The summed E-state index contributed by atoms with van der Waals surface area (Å²) in [5.41, 5.74) is -0.189. The van der Waals surface area contributed by atoms with Gasteiger partial charge in [0.2, 0.25) is 5.95 Å². The van der Waals surface area contributed by atoms with E-state index in [1.165, 1.54) is 14.2 Å². The molecule has 0 spiro atoms. The van der Waals surface area contributed by atoms with E-state index < -0.39 is 67.8 Å². The molecule has 2 N–H and O–H groups in total. The molecule has 0 aliphatic carbocycles. The third-order valence-corrected chi connectivity index (χ3v) is 3.86. The summed E-state index contributed by atoms with van der Waals surface area (Å²) in [6, 6.07) is -2.26. The van der Waals surface area contributed by atoms with Crippen LogP contribution in [0.3, 0.4) is 0 Å². The molecule has 0 atom stereocenters. The Labute approximate surface area is 177 Å². The highest BCUT2D eigenvalue weighted by Crippen LogP contribution is 2.34. The average molecular weight is 394 g/mol. The molecule has 1 aliphatic rings. The van der Waals surface area contributed by atoms with Gasteiger partial charge < -0.3 is 29.4 Å². The van der Waals surface area contributed by atoms with E-state index in [-0.39, 0.29) is 45.1 Å². The van der Waals surface area contributed by atoms with Crippen molar-refractivity contribution in [3.63, 3.8) is 0 Å². The van der Waals surface area contributed by atoms with Crippen LogP contribution in [0.5, 0.6) is 11.5 Å². The number of ether oxygens (including phenoxy) is 2. The number of anilines is 2. The highest BCUT2D eigenvalue weighted by Gasteiger charge is 2.25. The quantitative estimate of drug-likeness (QED) is 0.698. The number of carbonyl (C=O) groups is 1. The predicted octanol–water partition coefficient (Wildman–Crippen LogP) is 1.78. The summed E-state index contributed by atoms with van der Waals surface area (Å²) in [5.74, 6) is -3.45. The number of hydrogen-bond acceptors (Lipinski definition) is 8. The zero-order chi connectivity index (χ0) is 29.2. The molecular formula is C19H21N5O4. The number of carbonyl (C=O) groups excluding carboxylic acids is 1. The van der Waals surface area contributed by atoms with E-state index in [1.807, 2.05) is 0 Å².